The van der Waals surface area contributed by atoms with Gasteiger partial charge in [0.1, 0.15) is 79.3 Å². The van der Waals surface area contributed by atoms with Crippen LogP contribution in [0.3, 0.4) is 0 Å². The van der Waals surface area contributed by atoms with Gasteiger partial charge < -0.3 is 96.4 Å². The quantitative estimate of drug-likeness (QED) is 0.0759. The molecule has 0 aromatic carbocycles. The summed E-state index contributed by atoms with van der Waals surface area (Å²) >= 11 is 0. The fourth-order valence-electron chi connectivity index (χ4n) is 5.75. The van der Waals surface area contributed by atoms with E-state index in [0.717, 1.165) is 0 Å². The zero-order valence-electron chi connectivity index (χ0n) is 24.3. The van der Waals surface area contributed by atoms with Gasteiger partial charge in [-0.15, -0.1) is 0 Å². The normalized spacial score (nSPS) is 44.8. The number of nitrogens with two attached hydrogens (primary N) is 1. The van der Waals surface area contributed by atoms with Gasteiger partial charge in [0.15, 0.2) is 18.2 Å². The minimum Gasteiger partial charge on any atom is -0.480 e. The third kappa shape index (κ3) is 7.93. The molecule has 0 spiro atoms. The first-order valence-corrected chi connectivity index (χ1v) is 14.4. The summed E-state index contributed by atoms with van der Waals surface area (Å²) in [4.78, 5) is 22.7. The molecule has 1 amide bonds. The van der Waals surface area contributed by atoms with Crippen LogP contribution in [-0.2, 0) is 28.5 Å². The highest BCUT2D eigenvalue weighted by Crippen LogP contribution is 2.41. The molecule has 3 fully saturated rings. The molecule has 1 unspecified atom stereocenters. The molecule has 21 nitrogen and oxygen atoms in total. The number of nitrogens with one attached hydrogen (secondary N) is 1. The van der Waals surface area contributed by atoms with Crippen LogP contribution in [0.2, 0.25) is 0 Å². The number of rotatable bonds is 14. The van der Waals surface area contributed by atoms with Gasteiger partial charge in [-0.05, 0) is 19.4 Å². The molecule has 3 saturated heterocycles. The van der Waals surface area contributed by atoms with Gasteiger partial charge in [-0.2, -0.15) is 0 Å². The monoisotopic (exact) mass is 676 g/mol. The maximum absolute atomic E-state index is 11.8. The molecule has 3 aliphatic rings. The summed E-state index contributed by atoms with van der Waals surface area (Å²) in [5, 5.41) is 138. The van der Waals surface area contributed by atoms with E-state index >= 15 is 0 Å². The van der Waals surface area contributed by atoms with Crippen LogP contribution < -0.4 is 11.1 Å². The van der Waals surface area contributed by atoms with E-state index in [1.165, 1.54) is 0 Å². The molecule has 0 aromatic rings. The van der Waals surface area contributed by atoms with E-state index in [4.69, 9.17) is 24.7 Å². The third-order valence-corrected chi connectivity index (χ3v) is 8.49. The zero-order valence-corrected chi connectivity index (χ0v) is 24.3. The van der Waals surface area contributed by atoms with Gasteiger partial charge in [0.2, 0.25) is 5.91 Å². The van der Waals surface area contributed by atoms with Crippen LogP contribution in [0.25, 0.3) is 0 Å². The summed E-state index contributed by atoms with van der Waals surface area (Å²) in [6.45, 7) is -2.13. The molecule has 0 bridgehead atoms. The summed E-state index contributed by atoms with van der Waals surface area (Å²) in [7, 11) is 0. The van der Waals surface area contributed by atoms with Gasteiger partial charge in [-0.3, -0.25) is 9.59 Å². The van der Waals surface area contributed by atoms with Gasteiger partial charge in [0, 0.05) is 6.42 Å². The highest BCUT2D eigenvalue weighted by atomic mass is 16.8. The number of carbonyl (C=O) groups excluding carboxylic acids is 1. The van der Waals surface area contributed by atoms with Crippen molar-refractivity contribution in [1.82, 2.24) is 5.32 Å². The van der Waals surface area contributed by atoms with Gasteiger partial charge >= 0.3 is 5.97 Å². The van der Waals surface area contributed by atoms with E-state index in [9.17, 15) is 76.0 Å². The number of ether oxygens (including phenoxy) is 4. The van der Waals surface area contributed by atoms with Crippen molar-refractivity contribution in [3.05, 3.63) is 0 Å². The molecule has 46 heavy (non-hydrogen) atoms. The van der Waals surface area contributed by atoms with Gasteiger partial charge in [-0.1, -0.05) is 0 Å². The number of aliphatic hydroxyl groups excluding tert-OH is 11. The average Bonchev–Trinajstić information content (AvgIpc) is 3.01. The van der Waals surface area contributed by atoms with E-state index in [-0.39, 0.29) is 19.4 Å². The van der Waals surface area contributed by atoms with Crippen LogP contribution in [0.5, 0.6) is 0 Å². The van der Waals surface area contributed by atoms with Crippen LogP contribution in [0.15, 0.2) is 0 Å². The third-order valence-electron chi connectivity index (χ3n) is 8.49. The van der Waals surface area contributed by atoms with E-state index in [1.54, 1.807) is 0 Å². The van der Waals surface area contributed by atoms with Crippen molar-refractivity contribution in [2.45, 2.75) is 123 Å². The Kier molecular flexibility index (Phi) is 13.6. The Balaban J connectivity index is 1.91. The molecule has 0 aromatic heterocycles. The lowest BCUT2D eigenvalue weighted by Gasteiger charge is -2.55. The molecule has 16 N–H and O–H groups in total. The number of hydrogen-bond acceptors (Lipinski definition) is 19. The summed E-state index contributed by atoms with van der Waals surface area (Å²) in [5.41, 5.74) is 1.97. The Morgan fingerprint density at radius 2 is 1.37 bits per heavy atom. The van der Waals surface area contributed by atoms with E-state index in [1.807, 2.05) is 0 Å². The smallest absolute Gasteiger partial charge is 0.320 e. The Bertz CT molecular complexity index is 1010. The Morgan fingerprint density at radius 3 is 1.91 bits per heavy atom. The summed E-state index contributed by atoms with van der Waals surface area (Å²) in [6, 6.07) is -1.31. The second-order valence-corrected chi connectivity index (χ2v) is 11.5. The fraction of sp³-hybridized carbons (Fsp3) is 0.920. The van der Waals surface area contributed by atoms with E-state index in [2.05, 4.69) is 5.32 Å². The number of aliphatic carboxylic acids is 1. The minimum absolute atomic E-state index is 0.222. The predicted octanol–water partition coefficient (Wildman–Crippen LogP) is -9.12. The van der Waals surface area contributed by atoms with Crippen LogP contribution in [0, 0.1) is 0 Å². The molecular formula is C25H44N2O19. The van der Waals surface area contributed by atoms with Crippen LogP contribution in [0.1, 0.15) is 19.3 Å². The molecule has 3 rings (SSSR count). The van der Waals surface area contributed by atoms with Crippen molar-refractivity contribution in [1.29, 1.82) is 0 Å². The molecule has 21 heteroatoms. The predicted molar refractivity (Wildman–Crippen MR) is 143 cm³/mol. The molecule has 17 atom stereocenters. The van der Waals surface area contributed by atoms with Crippen LogP contribution in [-0.4, -0.2) is 202 Å². The van der Waals surface area contributed by atoms with Crippen LogP contribution in [0.4, 0.5) is 0 Å². The number of amides is 1. The number of primary amides is 1. The number of carboxylic acids is 1. The molecule has 0 radical (unpaired) electrons. The first-order chi connectivity index (χ1) is 21.5. The van der Waals surface area contributed by atoms with Crippen molar-refractivity contribution in [2.24, 2.45) is 5.73 Å². The molecule has 3 heterocycles. The Labute approximate surface area is 260 Å². The maximum Gasteiger partial charge on any atom is 0.320 e. The molecule has 3 aliphatic heterocycles. The second-order valence-electron chi connectivity index (χ2n) is 11.5. The number of hydrogen-bond donors (Lipinski definition) is 15. The van der Waals surface area contributed by atoms with Crippen molar-refractivity contribution >= 4 is 11.9 Å². The second kappa shape index (κ2) is 16.1. The first kappa shape index (κ1) is 38.7. The molecule has 0 aliphatic carbocycles. The first-order valence-electron chi connectivity index (χ1n) is 14.4. The fourth-order valence-corrected chi connectivity index (χ4v) is 5.75. The van der Waals surface area contributed by atoms with Gasteiger partial charge in [0.05, 0.1) is 19.3 Å². The largest absolute Gasteiger partial charge is 0.480 e. The maximum atomic E-state index is 11.8. The van der Waals surface area contributed by atoms with Crippen molar-refractivity contribution in [3.8, 4) is 0 Å². The van der Waals surface area contributed by atoms with E-state index in [0.29, 0.717) is 0 Å². The molecular weight excluding hydrogens is 632 g/mol. The van der Waals surface area contributed by atoms with Gasteiger partial charge in [-0.25, -0.2) is 0 Å². The zero-order chi connectivity index (χ0) is 34.7. The minimum atomic E-state index is -3.10. The average molecular weight is 677 g/mol. The van der Waals surface area contributed by atoms with Gasteiger partial charge in [0.25, 0.3) is 0 Å². The highest BCUT2D eigenvalue weighted by molar-refractivity contribution is 5.77. The summed E-state index contributed by atoms with van der Waals surface area (Å²) in [5.74, 6) is -2.13. The van der Waals surface area contributed by atoms with Crippen LogP contribution >= 0.6 is 0 Å². The van der Waals surface area contributed by atoms with Crippen molar-refractivity contribution in [3.63, 3.8) is 0 Å². The summed E-state index contributed by atoms with van der Waals surface area (Å²) in [6.07, 6.45) is -31.1. The Hall–Kier alpha value is -1.74. The number of aliphatic hydroxyl groups is 12. The lowest BCUT2D eigenvalue weighted by Crippen LogP contribution is -2.78. The van der Waals surface area contributed by atoms with Crippen molar-refractivity contribution < 1.29 is 94.9 Å². The highest BCUT2D eigenvalue weighted by Gasteiger charge is 2.65. The lowest BCUT2D eigenvalue weighted by atomic mass is 9.72. The lowest BCUT2D eigenvalue weighted by molar-refractivity contribution is -0.383. The number of carbonyl (C=O) groups is 2. The van der Waals surface area contributed by atoms with E-state index < -0.39 is 135 Å². The topological polar surface area (TPSA) is 372 Å². The standard InChI is InChI=1S/C25H44N2O19/c26-11(30)2-1-7(22(39)40)27-4-3-8-19(37)25(42,21-16(35)14(33)12(31)9(5-28)44-21)20(38)18(43-8)23(41)46-24-17(36)15(34)13(32)10(6-29)45-24/h7-10,12-21,23-24,27-29,31-38,41-42H,1-6H2,(H2,26,30)(H,39,40)/t7-,8+,9+,10+,12+,13+,14-,15-,16-,17-,18-,19+,20+,21-,23?,24+,25+/m0/s1. The molecule has 268 valence electrons. The molecule has 0 saturated carbocycles. The number of carboxylic acid groups (broad SMARTS) is 1. The SMILES string of the molecule is NC(=O)CC[C@H](NCC[C@H]1O[C@H](C(O)O[C@H]2O[C@H](CO)[C@@H](O)[C@H](O)[C@@H]2O)[C@@H](O)[C@@](O)([C@H]2O[C@H](CO)[C@@H](O)[C@H](O)[C@@H]2O)[C@@H]1O)C(=O)O. The Morgan fingerprint density at radius 1 is 0.804 bits per heavy atom. The van der Waals surface area contributed by atoms with Crippen molar-refractivity contribution in [2.75, 3.05) is 19.8 Å². The summed E-state index contributed by atoms with van der Waals surface area (Å²) < 4.78 is 21.4.